The Bertz CT molecular complexity index is 546. The van der Waals surface area contributed by atoms with Crippen LogP contribution in [0, 0.1) is 18.6 Å². The van der Waals surface area contributed by atoms with E-state index in [0.29, 0.717) is 6.54 Å². The molecule has 20 heavy (non-hydrogen) atoms. The topological polar surface area (TPSA) is 40.7 Å². The van der Waals surface area contributed by atoms with Crippen molar-refractivity contribution in [1.29, 1.82) is 0 Å². The van der Waals surface area contributed by atoms with Gasteiger partial charge in [-0.05, 0) is 50.9 Å². The zero-order chi connectivity index (χ0) is 14.5. The fourth-order valence-corrected chi connectivity index (χ4v) is 2.25. The van der Waals surface area contributed by atoms with Crippen LogP contribution >= 0.6 is 0 Å². The number of H-pyrrole nitrogens is 1. The van der Waals surface area contributed by atoms with Crippen molar-refractivity contribution in [3.8, 4) is 0 Å². The highest BCUT2D eigenvalue weighted by molar-refractivity contribution is 5.22. The second-order valence-electron chi connectivity index (χ2n) is 4.93. The Morgan fingerprint density at radius 2 is 2.00 bits per heavy atom. The average Bonchev–Trinajstić information content (AvgIpc) is 2.80. The van der Waals surface area contributed by atoms with Crippen LogP contribution < -0.4 is 5.32 Å². The fourth-order valence-electron chi connectivity index (χ4n) is 2.25. The summed E-state index contributed by atoms with van der Waals surface area (Å²) < 4.78 is 27.2. The summed E-state index contributed by atoms with van der Waals surface area (Å²) in [7, 11) is 0. The van der Waals surface area contributed by atoms with Gasteiger partial charge in [-0.1, -0.05) is 6.07 Å². The number of halogens is 2. The molecule has 0 saturated heterocycles. The van der Waals surface area contributed by atoms with Crippen LogP contribution in [0.5, 0.6) is 0 Å². The van der Waals surface area contributed by atoms with Crippen molar-refractivity contribution in [2.45, 2.75) is 32.7 Å². The molecule has 2 N–H and O–H groups in total. The van der Waals surface area contributed by atoms with Gasteiger partial charge in [0.15, 0.2) is 0 Å². The molecule has 1 heterocycles. The molecule has 0 aliphatic heterocycles. The molecule has 0 fully saturated rings. The minimum absolute atomic E-state index is 0.104. The Balaban J connectivity index is 1.84. The van der Waals surface area contributed by atoms with E-state index in [1.165, 1.54) is 23.8 Å². The molecule has 2 rings (SSSR count). The molecule has 3 nitrogen and oxygen atoms in total. The second-order valence-corrected chi connectivity index (χ2v) is 4.93. The molecule has 1 atom stereocenters. The van der Waals surface area contributed by atoms with Crippen molar-refractivity contribution < 1.29 is 8.78 Å². The Morgan fingerprint density at radius 1 is 1.30 bits per heavy atom. The van der Waals surface area contributed by atoms with Gasteiger partial charge in [0.05, 0.1) is 6.20 Å². The molecule has 0 radical (unpaired) electrons. The van der Waals surface area contributed by atoms with Gasteiger partial charge in [0.2, 0.25) is 0 Å². The lowest BCUT2D eigenvalue weighted by molar-refractivity contribution is 0.484. The van der Waals surface area contributed by atoms with Crippen molar-refractivity contribution in [3.63, 3.8) is 0 Å². The lowest BCUT2D eigenvalue weighted by Gasteiger charge is -2.15. The zero-order valence-corrected chi connectivity index (χ0v) is 11.7. The monoisotopic (exact) mass is 279 g/mol. The van der Waals surface area contributed by atoms with Crippen LogP contribution in [0.25, 0.3) is 0 Å². The van der Waals surface area contributed by atoms with Crippen molar-refractivity contribution >= 4 is 0 Å². The molecule has 0 bridgehead atoms. The Kier molecular flexibility index (Phi) is 4.84. The van der Waals surface area contributed by atoms with E-state index >= 15 is 0 Å². The molecule has 0 spiro atoms. The van der Waals surface area contributed by atoms with E-state index in [1.54, 1.807) is 6.92 Å². The predicted molar refractivity (Wildman–Crippen MR) is 74.4 cm³/mol. The summed E-state index contributed by atoms with van der Waals surface area (Å²) in [6.07, 6.45) is 3.60. The molecule has 1 aromatic carbocycles. The van der Waals surface area contributed by atoms with E-state index in [0.717, 1.165) is 18.5 Å². The lowest BCUT2D eigenvalue weighted by Crippen LogP contribution is -2.22. The standard InChI is InChI=1S/C15H19F2N3/c1-10-12(9-19-20-10)5-4-8-18-11(2)15-13(16)6-3-7-14(15)17/h3,6-7,9,11,18H,4-5,8H2,1-2H3,(H,19,20). The number of aryl methyl sites for hydroxylation is 2. The third-order valence-corrected chi connectivity index (χ3v) is 3.44. The number of hydrogen-bond acceptors (Lipinski definition) is 2. The maximum atomic E-state index is 13.6. The molecular weight excluding hydrogens is 260 g/mol. The van der Waals surface area contributed by atoms with Gasteiger partial charge >= 0.3 is 0 Å². The van der Waals surface area contributed by atoms with E-state index in [1.807, 2.05) is 13.1 Å². The van der Waals surface area contributed by atoms with Crippen molar-refractivity contribution in [2.75, 3.05) is 6.54 Å². The van der Waals surface area contributed by atoms with Gasteiger partial charge in [-0.3, -0.25) is 5.10 Å². The molecular formula is C15H19F2N3. The van der Waals surface area contributed by atoms with E-state index in [2.05, 4.69) is 15.5 Å². The van der Waals surface area contributed by atoms with Gasteiger partial charge in [-0.15, -0.1) is 0 Å². The minimum Gasteiger partial charge on any atom is -0.310 e. The first-order valence-electron chi connectivity index (χ1n) is 6.75. The number of hydrogen-bond donors (Lipinski definition) is 2. The normalized spacial score (nSPS) is 12.6. The number of rotatable bonds is 6. The first-order valence-corrected chi connectivity index (χ1v) is 6.75. The summed E-state index contributed by atoms with van der Waals surface area (Å²) in [6, 6.07) is 3.60. The molecule has 2 aromatic rings. The van der Waals surface area contributed by atoms with Crippen LogP contribution in [0.15, 0.2) is 24.4 Å². The number of benzene rings is 1. The van der Waals surface area contributed by atoms with Crippen LogP contribution in [-0.4, -0.2) is 16.7 Å². The van der Waals surface area contributed by atoms with Crippen molar-refractivity contribution in [3.05, 3.63) is 52.9 Å². The summed E-state index contributed by atoms with van der Waals surface area (Å²) in [5.41, 5.74) is 2.35. The third kappa shape index (κ3) is 3.42. The average molecular weight is 279 g/mol. The van der Waals surface area contributed by atoms with Crippen LogP contribution in [-0.2, 0) is 6.42 Å². The number of aromatic amines is 1. The van der Waals surface area contributed by atoms with Gasteiger partial charge in [0, 0.05) is 17.3 Å². The van der Waals surface area contributed by atoms with E-state index in [-0.39, 0.29) is 11.6 Å². The predicted octanol–water partition coefficient (Wildman–Crippen LogP) is 3.28. The smallest absolute Gasteiger partial charge is 0.130 e. The summed E-state index contributed by atoms with van der Waals surface area (Å²) in [5, 5.41) is 10.0. The van der Waals surface area contributed by atoms with E-state index in [4.69, 9.17) is 0 Å². The fraction of sp³-hybridized carbons (Fsp3) is 0.400. The molecule has 0 aliphatic rings. The van der Waals surface area contributed by atoms with E-state index < -0.39 is 11.6 Å². The molecule has 0 saturated carbocycles. The molecule has 5 heteroatoms. The SMILES string of the molecule is Cc1[nH]ncc1CCCNC(C)c1c(F)cccc1F. The molecule has 1 aromatic heterocycles. The first-order chi connectivity index (χ1) is 9.59. The van der Waals surface area contributed by atoms with Gasteiger partial charge in [0.1, 0.15) is 11.6 Å². The largest absolute Gasteiger partial charge is 0.310 e. The van der Waals surface area contributed by atoms with Crippen LogP contribution in [0.3, 0.4) is 0 Å². The molecule has 0 aliphatic carbocycles. The maximum Gasteiger partial charge on any atom is 0.130 e. The van der Waals surface area contributed by atoms with Crippen molar-refractivity contribution in [2.24, 2.45) is 0 Å². The zero-order valence-electron chi connectivity index (χ0n) is 11.7. The van der Waals surface area contributed by atoms with Crippen LogP contribution in [0.4, 0.5) is 8.78 Å². The molecule has 0 amide bonds. The third-order valence-electron chi connectivity index (χ3n) is 3.44. The van der Waals surface area contributed by atoms with Gasteiger partial charge in [0.25, 0.3) is 0 Å². The first kappa shape index (κ1) is 14.7. The van der Waals surface area contributed by atoms with Gasteiger partial charge in [-0.25, -0.2) is 8.78 Å². The lowest BCUT2D eigenvalue weighted by atomic mass is 10.1. The minimum atomic E-state index is -0.504. The van der Waals surface area contributed by atoms with Gasteiger partial charge < -0.3 is 5.32 Å². The molecule has 108 valence electrons. The summed E-state index contributed by atoms with van der Waals surface area (Å²) in [6.45, 7) is 4.44. The Hall–Kier alpha value is -1.75. The number of nitrogens with zero attached hydrogens (tertiary/aromatic N) is 1. The quantitative estimate of drug-likeness (QED) is 0.797. The maximum absolute atomic E-state index is 13.6. The summed E-state index contributed by atoms with van der Waals surface area (Å²) in [4.78, 5) is 0. The van der Waals surface area contributed by atoms with E-state index in [9.17, 15) is 8.78 Å². The van der Waals surface area contributed by atoms with Crippen LogP contribution in [0.2, 0.25) is 0 Å². The number of aromatic nitrogens is 2. The highest BCUT2D eigenvalue weighted by Crippen LogP contribution is 2.20. The van der Waals surface area contributed by atoms with Crippen molar-refractivity contribution in [1.82, 2.24) is 15.5 Å². The highest BCUT2D eigenvalue weighted by atomic mass is 19.1. The number of nitrogens with one attached hydrogen (secondary N) is 2. The summed E-state index contributed by atoms with van der Waals surface area (Å²) >= 11 is 0. The Morgan fingerprint density at radius 3 is 2.60 bits per heavy atom. The van der Waals surface area contributed by atoms with Gasteiger partial charge in [-0.2, -0.15) is 5.10 Å². The Labute approximate surface area is 117 Å². The van der Waals surface area contributed by atoms with Crippen LogP contribution in [0.1, 0.15) is 36.2 Å². The second kappa shape index (κ2) is 6.61. The highest BCUT2D eigenvalue weighted by Gasteiger charge is 2.15. The summed E-state index contributed by atoms with van der Waals surface area (Å²) in [5.74, 6) is -1.01. The molecule has 1 unspecified atom stereocenters.